The van der Waals surface area contributed by atoms with E-state index in [2.05, 4.69) is 5.32 Å². The molecule has 2 amide bonds. The van der Waals surface area contributed by atoms with E-state index in [0.717, 1.165) is 0 Å². The molecule has 0 spiro atoms. The van der Waals surface area contributed by atoms with Gasteiger partial charge in [-0.15, -0.1) is 0 Å². The standard InChI is InChI=1S/C23H28FN3O6S/c1-32-20-7-4-17(13-21(20)34(30,31)27-8-10-33-11-9-27)14-22(28)26-15-18(23(25)29)12-16-2-5-19(24)6-3-16/h2-7,13,18H,8-12,14-15H2,1H3,(H2,25,29)(H,26,28). The largest absolute Gasteiger partial charge is 0.495 e. The third-order valence-corrected chi connectivity index (χ3v) is 7.44. The van der Waals surface area contributed by atoms with Crippen molar-refractivity contribution in [3.63, 3.8) is 0 Å². The van der Waals surface area contributed by atoms with E-state index in [9.17, 15) is 22.4 Å². The highest BCUT2D eigenvalue weighted by Crippen LogP contribution is 2.28. The zero-order valence-electron chi connectivity index (χ0n) is 18.8. The van der Waals surface area contributed by atoms with Crippen LogP contribution in [0.4, 0.5) is 4.39 Å². The average Bonchev–Trinajstić information content (AvgIpc) is 2.83. The van der Waals surface area contributed by atoms with E-state index in [1.807, 2.05) is 0 Å². The lowest BCUT2D eigenvalue weighted by Crippen LogP contribution is -2.40. The number of hydrogen-bond acceptors (Lipinski definition) is 6. The molecule has 2 aromatic rings. The van der Waals surface area contributed by atoms with Crippen LogP contribution in [-0.4, -0.2) is 64.5 Å². The Labute approximate surface area is 198 Å². The molecule has 1 atom stereocenters. The lowest BCUT2D eigenvalue weighted by molar-refractivity contribution is -0.123. The van der Waals surface area contributed by atoms with Gasteiger partial charge in [0.25, 0.3) is 0 Å². The molecule has 1 saturated heterocycles. The molecule has 11 heteroatoms. The van der Waals surface area contributed by atoms with Gasteiger partial charge in [-0.25, -0.2) is 12.8 Å². The number of nitrogens with zero attached hydrogens (tertiary/aromatic N) is 1. The number of carbonyl (C=O) groups excluding carboxylic acids is 2. The van der Waals surface area contributed by atoms with Crippen LogP contribution in [0, 0.1) is 11.7 Å². The molecule has 0 bridgehead atoms. The summed E-state index contributed by atoms with van der Waals surface area (Å²) in [5.41, 5.74) is 6.65. The van der Waals surface area contributed by atoms with E-state index in [-0.39, 0.29) is 48.9 Å². The second-order valence-corrected chi connectivity index (χ2v) is 9.82. The lowest BCUT2D eigenvalue weighted by atomic mass is 9.98. The number of ether oxygens (including phenoxy) is 2. The van der Waals surface area contributed by atoms with Crippen LogP contribution in [-0.2, 0) is 37.2 Å². The topological polar surface area (TPSA) is 128 Å². The summed E-state index contributed by atoms with van der Waals surface area (Å²) in [6.07, 6.45) is 0.151. The number of hydrogen-bond donors (Lipinski definition) is 2. The van der Waals surface area contributed by atoms with Crippen LogP contribution in [0.25, 0.3) is 0 Å². The van der Waals surface area contributed by atoms with Crippen LogP contribution >= 0.6 is 0 Å². The maximum atomic E-state index is 13.1. The second kappa shape index (κ2) is 11.4. The van der Waals surface area contributed by atoms with Crippen molar-refractivity contribution >= 4 is 21.8 Å². The zero-order valence-corrected chi connectivity index (χ0v) is 19.6. The van der Waals surface area contributed by atoms with Crippen molar-refractivity contribution in [1.82, 2.24) is 9.62 Å². The van der Waals surface area contributed by atoms with Crippen molar-refractivity contribution in [3.05, 3.63) is 59.4 Å². The van der Waals surface area contributed by atoms with Crippen LogP contribution in [0.2, 0.25) is 0 Å². The second-order valence-electron chi connectivity index (χ2n) is 7.91. The molecule has 1 heterocycles. The van der Waals surface area contributed by atoms with Gasteiger partial charge in [-0.1, -0.05) is 18.2 Å². The molecular weight excluding hydrogens is 465 g/mol. The molecule has 3 rings (SSSR count). The summed E-state index contributed by atoms with van der Waals surface area (Å²) in [5, 5.41) is 2.67. The molecule has 0 saturated carbocycles. The summed E-state index contributed by atoms with van der Waals surface area (Å²) >= 11 is 0. The van der Waals surface area contributed by atoms with Crippen molar-refractivity contribution < 1.29 is 31.9 Å². The van der Waals surface area contributed by atoms with Crippen LogP contribution in [0.5, 0.6) is 5.75 Å². The van der Waals surface area contributed by atoms with Crippen molar-refractivity contribution in [1.29, 1.82) is 0 Å². The van der Waals surface area contributed by atoms with Gasteiger partial charge in [0.2, 0.25) is 21.8 Å². The summed E-state index contributed by atoms with van der Waals surface area (Å²) in [5.74, 6) is -1.87. The Kier molecular flexibility index (Phi) is 8.59. The third-order valence-electron chi connectivity index (χ3n) is 5.52. The Morgan fingerprint density at radius 1 is 1.15 bits per heavy atom. The number of nitrogens with one attached hydrogen (secondary N) is 1. The van der Waals surface area contributed by atoms with Crippen LogP contribution < -0.4 is 15.8 Å². The van der Waals surface area contributed by atoms with Gasteiger partial charge in [-0.2, -0.15) is 4.31 Å². The predicted molar refractivity (Wildman–Crippen MR) is 122 cm³/mol. The van der Waals surface area contributed by atoms with E-state index >= 15 is 0 Å². The minimum absolute atomic E-state index is 0.000626. The first kappa shape index (κ1) is 25.6. The molecule has 1 unspecified atom stereocenters. The Morgan fingerprint density at radius 2 is 1.79 bits per heavy atom. The molecular formula is C23H28FN3O6S. The van der Waals surface area contributed by atoms with E-state index in [1.165, 1.54) is 35.7 Å². The third kappa shape index (κ3) is 6.52. The number of methoxy groups -OCH3 is 1. The number of rotatable bonds is 10. The molecule has 2 aromatic carbocycles. The molecule has 0 radical (unpaired) electrons. The maximum absolute atomic E-state index is 13.1. The van der Waals surface area contributed by atoms with Crippen molar-refractivity contribution in [2.75, 3.05) is 40.0 Å². The van der Waals surface area contributed by atoms with Crippen LogP contribution in [0.15, 0.2) is 47.4 Å². The Balaban J connectivity index is 1.67. The summed E-state index contributed by atoms with van der Waals surface area (Å²) < 4.78 is 51.1. The lowest BCUT2D eigenvalue weighted by Gasteiger charge is -2.26. The fourth-order valence-electron chi connectivity index (χ4n) is 3.62. The Hall–Kier alpha value is -3.02. The quantitative estimate of drug-likeness (QED) is 0.505. The Morgan fingerprint density at radius 3 is 2.41 bits per heavy atom. The Bertz CT molecular complexity index is 1120. The van der Waals surface area contributed by atoms with Gasteiger partial charge in [0, 0.05) is 19.6 Å². The molecule has 184 valence electrons. The first-order valence-corrected chi connectivity index (χ1v) is 12.2. The first-order valence-electron chi connectivity index (χ1n) is 10.8. The summed E-state index contributed by atoms with van der Waals surface area (Å²) in [6, 6.07) is 10.2. The average molecular weight is 494 g/mol. The minimum Gasteiger partial charge on any atom is -0.495 e. The van der Waals surface area contributed by atoms with Gasteiger partial charge in [-0.3, -0.25) is 9.59 Å². The number of nitrogens with two attached hydrogens (primary N) is 1. The smallest absolute Gasteiger partial charge is 0.246 e. The number of carbonyl (C=O) groups is 2. The normalized spacial score (nSPS) is 15.5. The number of benzene rings is 2. The van der Waals surface area contributed by atoms with Gasteiger partial charge in [0.1, 0.15) is 16.5 Å². The highest BCUT2D eigenvalue weighted by atomic mass is 32.2. The number of morpholine rings is 1. The van der Waals surface area contributed by atoms with Crippen molar-refractivity contribution in [2.24, 2.45) is 11.7 Å². The van der Waals surface area contributed by atoms with E-state index in [4.69, 9.17) is 15.2 Å². The molecule has 1 fully saturated rings. The van der Waals surface area contributed by atoms with E-state index in [0.29, 0.717) is 24.3 Å². The highest BCUT2D eigenvalue weighted by Gasteiger charge is 2.29. The molecule has 9 nitrogen and oxygen atoms in total. The molecule has 0 aliphatic carbocycles. The molecule has 1 aliphatic heterocycles. The fourth-order valence-corrected chi connectivity index (χ4v) is 5.24. The zero-order chi connectivity index (χ0) is 24.7. The maximum Gasteiger partial charge on any atom is 0.246 e. The van der Waals surface area contributed by atoms with Crippen molar-refractivity contribution in [3.8, 4) is 5.75 Å². The highest BCUT2D eigenvalue weighted by molar-refractivity contribution is 7.89. The van der Waals surface area contributed by atoms with Gasteiger partial charge < -0.3 is 20.5 Å². The monoisotopic (exact) mass is 493 g/mol. The number of amides is 2. The predicted octanol–water partition coefficient (Wildman–Crippen LogP) is 0.858. The fraction of sp³-hybridized carbons (Fsp3) is 0.391. The number of halogens is 1. The number of primary amides is 1. The van der Waals surface area contributed by atoms with Crippen LogP contribution in [0.3, 0.4) is 0 Å². The SMILES string of the molecule is COc1ccc(CC(=O)NCC(Cc2ccc(F)cc2)C(N)=O)cc1S(=O)(=O)N1CCOCC1. The summed E-state index contributed by atoms with van der Waals surface area (Å²) in [4.78, 5) is 24.3. The minimum atomic E-state index is -3.83. The van der Waals surface area contributed by atoms with E-state index < -0.39 is 27.8 Å². The molecule has 0 aromatic heterocycles. The van der Waals surface area contributed by atoms with Gasteiger partial charge in [-0.05, 0) is 41.8 Å². The summed E-state index contributed by atoms with van der Waals surface area (Å²) in [7, 11) is -2.45. The van der Waals surface area contributed by atoms with Crippen molar-refractivity contribution in [2.45, 2.75) is 17.7 Å². The molecule has 1 aliphatic rings. The van der Waals surface area contributed by atoms with Crippen LogP contribution in [0.1, 0.15) is 11.1 Å². The molecule has 3 N–H and O–H groups in total. The van der Waals surface area contributed by atoms with Gasteiger partial charge in [0.15, 0.2) is 0 Å². The van der Waals surface area contributed by atoms with Gasteiger partial charge in [0.05, 0.1) is 32.7 Å². The molecule has 34 heavy (non-hydrogen) atoms. The summed E-state index contributed by atoms with van der Waals surface area (Å²) in [6.45, 7) is 1.09. The number of sulfonamides is 1. The van der Waals surface area contributed by atoms with Gasteiger partial charge >= 0.3 is 0 Å². The van der Waals surface area contributed by atoms with E-state index in [1.54, 1.807) is 18.2 Å². The first-order chi connectivity index (χ1) is 16.2.